The number of nitrogens with zero attached hydrogens (tertiary/aromatic N) is 1. The fraction of sp³-hybridized carbons (Fsp3) is 0.235. The highest BCUT2D eigenvalue weighted by molar-refractivity contribution is 9.10. The van der Waals surface area contributed by atoms with Crippen molar-refractivity contribution in [3.05, 3.63) is 64.8 Å². The van der Waals surface area contributed by atoms with Crippen LogP contribution in [0.1, 0.15) is 30.7 Å². The number of halogens is 1. The minimum Gasteiger partial charge on any atom is -0.452 e. The molecule has 108 valence electrons. The maximum Gasteiger partial charge on any atom is 0.169 e. The largest absolute Gasteiger partial charge is 0.452 e. The van der Waals surface area contributed by atoms with Crippen molar-refractivity contribution in [2.75, 3.05) is 6.54 Å². The minimum atomic E-state index is 0.0316. The quantitative estimate of drug-likeness (QED) is 0.730. The van der Waals surface area contributed by atoms with Gasteiger partial charge in [0.25, 0.3) is 0 Å². The molecule has 0 amide bonds. The smallest absolute Gasteiger partial charge is 0.169 e. The molecule has 1 N–H and O–H groups in total. The molecular formula is C17H17BrN2O. The summed E-state index contributed by atoms with van der Waals surface area (Å²) in [5, 5.41) is 5.91. The van der Waals surface area contributed by atoms with Crippen molar-refractivity contribution >= 4 is 26.7 Å². The Labute approximate surface area is 132 Å². The van der Waals surface area contributed by atoms with E-state index in [0.717, 1.165) is 28.8 Å². The molecule has 3 rings (SSSR count). The molecule has 2 heterocycles. The summed E-state index contributed by atoms with van der Waals surface area (Å²) in [5.74, 6) is 0.909. The standard InChI is InChI=1S/C17H17BrN2O/c1-2-9-20-17(15-6-7-16(18)21-15)13-5-3-4-12-8-10-19-11-14(12)13/h3-8,10-11,17,20H,2,9H2,1H3. The predicted molar refractivity (Wildman–Crippen MR) is 88.3 cm³/mol. The third kappa shape index (κ3) is 3.01. The lowest BCUT2D eigenvalue weighted by Crippen LogP contribution is -2.23. The summed E-state index contributed by atoms with van der Waals surface area (Å²) < 4.78 is 6.53. The van der Waals surface area contributed by atoms with Crippen LogP contribution in [0, 0.1) is 0 Å². The van der Waals surface area contributed by atoms with Gasteiger partial charge in [-0.15, -0.1) is 0 Å². The van der Waals surface area contributed by atoms with Gasteiger partial charge in [0.2, 0.25) is 0 Å². The second-order valence-electron chi connectivity index (χ2n) is 4.97. The van der Waals surface area contributed by atoms with Crippen molar-refractivity contribution in [1.29, 1.82) is 0 Å². The third-order valence-electron chi connectivity index (χ3n) is 3.51. The van der Waals surface area contributed by atoms with Crippen LogP contribution in [-0.4, -0.2) is 11.5 Å². The molecule has 0 aliphatic rings. The maximum atomic E-state index is 5.78. The Bertz CT molecular complexity index is 733. The van der Waals surface area contributed by atoms with E-state index in [1.165, 1.54) is 10.9 Å². The van der Waals surface area contributed by atoms with Crippen molar-refractivity contribution in [2.24, 2.45) is 0 Å². The van der Waals surface area contributed by atoms with Gasteiger partial charge in [0.1, 0.15) is 5.76 Å². The summed E-state index contributed by atoms with van der Waals surface area (Å²) >= 11 is 3.38. The monoisotopic (exact) mass is 344 g/mol. The summed E-state index contributed by atoms with van der Waals surface area (Å²) in [5.41, 5.74) is 1.19. The summed E-state index contributed by atoms with van der Waals surface area (Å²) in [6.45, 7) is 3.09. The van der Waals surface area contributed by atoms with E-state index in [1.807, 2.05) is 30.6 Å². The highest BCUT2D eigenvalue weighted by Gasteiger charge is 2.19. The Balaban J connectivity index is 2.09. The van der Waals surface area contributed by atoms with E-state index in [4.69, 9.17) is 4.42 Å². The van der Waals surface area contributed by atoms with Crippen LogP contribution >= 0.6 is 15.9 Å². The van der Waals surface area contributed by atoms with E-state index in [1.54, 1.807) is 0 Å². The fourth-order valence-corrected chi connectivity index (χ4v) is 2.84. The van der Waals surface area contributed by atoms with Crippen LogP contribution in [0.2, 0.25) is 0 Å². The van der Waals surface area contributed by atoms with E-state index in [9.17, 15) is 0 Å². The average molecular weight is 345 g/mol. The molecule has 0 spiro atoms. The van der Waals surface area contributed by atoms with Gasteiger partial charge in [0.05, 0.1) is 6.04 Å². The SMILES string of the molecule is CCCNC(c1ccc(Br)o1)c1cccc2ccncc12. The van der Waals surface area contributed by atoms with Crippen LogP contribution in [0.5, 0.6) is 0 Å². The van der Waals surface area contributed by atoms with Gasteiger partial charge in [0, 0.05) is 17.8 Å². The Morgan fingerprint density at radius 2 is 2.14 bits per heavy atom. The van der Waals surface area contributed by atoms with Crippen molar-refractivity contribution in [2.45, 2.75) is 19.4 Å². The van der Waals surface area contributed by atoms with Crippen LogP contribution in [0.4, 0.5) is 0 Å². The highest BCUT2D eigenvalue weighted by Crippen LogP contribution is 2.30. The predicted octanol–water partition coefficient (Wildman–Crippen LogP) is 4.68. The van der Waals surface area contributed by atoms with Gasteiger partial charge in [0.15, 0.2) is 4.67 Å². The summed E-state index contributed by atoms with van der Waals surface area (Å²) in [7, 11) is 0. The Kier molecular flexibility index (Phi) is 4.36. The van der Waals surface area contributed by atoms with Gasteiger partial charge in [-0.2, -0.15) is 0 Å². The lowest BCUT2D eigenvalue weighted by atomic mass is 9.98. The maximum absolute atomic E-state index is 5.78. The van der Waals surface area contributed by atoms with Crippen LogP contribution in [0.3, 0.4) is 0 Å². The molecule has 21 heavy (non-hydrogen) atoms. The van der Waals surface area contributed by atoms with Crippen molar-refractivity contribution in [1.82, 2.24) is 10.3 Å². The van der Waals surface area contributed by atoms with E-state index in [2.05, 4.69) is 51.4 Å². The molecule has 3 aromatic rings. The number of hydrogen-bond acceptors (Lipinski definition) is 3. The molecule has 0 saturated heterocycles. The van der Waals surface area contributed by atoms with Crippen LogP contribution < -0.4 is 5.32 Å². The van der Waals surface area contributed by atoms with Gasteiger partial charge >= 0.3 is 0 Å². The Morgan fingerprint density at radius 3 is 2.90 bits per heavy atom. The van der Waals surface area contributed by atoms with Gasteiger partial charge in [-0.3, -0.25) is 4.98 Å². The number of hydrogen-bond donors (Lipinski definition) is 1. The number of benzene rings is 1. The molecule has 0 radical (unpaired) electrons. The molecule has 0 bridgehead atoms. The lowest BCUT2D eigenvalue weighted by molar-refractivity contribution is 0.434. The minimum absolute atomic E-state index is 0.0316. The first kappa shape index (κ1) is 14.3. The van der Waals surface area contributed by atoms with Gasteiger partial charge in [-0.25, -0.2) is 0 Å². The lowest BCUT2D eigenvalue weighted by Gasteiger charge is -2.18. The third-order valence-corrected chi connectivity index (χ3v) is 3.93. The fourth-order valence-electron chi connectivity index (χ4n) is 2.52. The Hall–Kier alpha value is -1.65. The molecule has 1 atom stereocenters. The molecule has 1 unspecified atom stereocenters. The van der Waals surface area contributed by atoms with Crippen LogP contribution in [-0.2, 0) is 0 Å². The molecule has 4 heteroatoms. The molecule has 1 aromatic carbocycles. The van der Waals surface area contributed by atoms with E-state index >= 15 is 0 Å². The van der Waals surface area contributed by atoms with E-state index < -0.39 is 0 Å². The number of furan rings is 1. The molecular weight excluding hydrogens is 328 g/mol. The zero-order valence-corrected chi connectivity index (χ0v) is 13.4. The number of nitrogens with one attached hydrogen (secondary N) is 1. The molecule has 3 nitrogen and oxygen atoms in total. The number of rotatable bonds is 5. The van der Waals surface area contributed by atoms with Crippen molar-refractivity contribution in [3.63, 3.8) is 0 Å². The second-order valence-corrected chi connectivity index (χ2v) is 5.75. The molecule has 0 saturated carbocycles. The molecule has 0 aliphatic heterocycles. The number of aromatic nitrogens is 1. The van der Waals surface area contributed by atoms with Gasteiger partial charge in [-0.1, -0.05) is 25.1 Å². The second kappa shape index (κ2) is 6.41. The van der Waals surface area contributed by atoms with Crippen LogP contribution in [0.25, 0.3) is 10.8 Å². The summed E-state index contributed by atoms with van der Waals surface area (Å²) in [6.07, 6.45) is 4.81. The zero-order chi connectivity index (χ0) is 14.7. The zero-order valence-electron chi connectivity index (χ0n) is 11.8. The first-order chi connectivity index (χ1) is 10.3. The first-order valence-corrected chi connectivity index (χ1v) is 7.90. The highest BCUT2D eigenvalue weighted by atomic mass is 79.9. The summed E-state index contributed by atoms with van der Waals surface area (Å²) in [6, 6.07) is 12.3. The van der Waals surface area contributed by atoms with E-state index in [0.29, 0.717) is 0 Å². The summed E-state index contributed by atoms with van der Waals surface area (Å²) in [4.78, 5) is 4.27. The topological polar surface area (TPSA) is 38.1 Å². The number of pyridine rings is 1. The van der Waals surface area contributed by atoms with Gasteiger partial charge in [-0.05, 0) is 58.0 Å². The van der Waals surface area contributed by atoms with E-state index in [-0.39, 0.29) is 6.04 Å². The molecule has 0 fully saturated rings. The average Bonchev–Trinajstić information content (AvgIpc) is 2.94. The van der Waals surface area contributed by atoms with Gasteiger partial charge < -0.3 is 9.73 Å². The first-order valence-electron chi connectivity index (χ1n) is 7.11. The molecule has 0 aliphatic carbocycles. The van der Waals surface area contributed by atoms with Crippen LogP contribution in [0.15, 0.2) is 57.9 Å². The van der Waals surface area contributed by atoms with Crippen molar-refractivity contribution in [3.8, 4) is 0 Å². The molecule has 2 aromatic heterocycles. The number of fused-ring (bicyclic) bond motifs is 1. The van der Waals surface area contributed by atoms with Crippen molar-refractivity contribution < 1.29 is 4.42 Å². The Morgan fingerprint density at radius 1 is 1.24 bits per heavy atom. The normalized spacial score (nSPS) is 12.7.